The van der Waals surface area contributed by atoms with Crippen LogP contribution in [-0.2, 0) is 14.8 Å². The summed E-state index contributed by atoms with van der Waals surface area (Å²) in [7, 11) is -2.41. The number of hydrogen-bond acceptors (Lipinski definition) is 5. The van der Waals surface area contributed by atoms with Crippen molar-refractivity contribution in [2.45, 2.75) is 4.90 Å². The molecule has 1 amide bonds. The van der Waals surface area contributed by atoms with E-state index in [1.54, 1.807) is 37.5 Å². The van der Waals surface area contributed by atoms with Gasteiger partial charge >= 0.3 is 0 Å². The largest absolute Gasteiger partial charge is 0.497 e. The van der Waals surface area contributed by atoms with E-state index in [2.05, 4.69) is 26.9 Å². The highest BCUT2D eigenvalue weighted by molar-refractivity contribution is 9.10. The van der Waals surface area contributed by atoms with Crippen molar-refractivity contribution in [3.63, 3.8) is 0 Å². The van der Waals surface area contributed by atoms with Gasteiger partial charge in [-0.15, -0.1) is 11.0 Å². The lowest BCUT2D eigenvalue weighted by Gasteiger charge is -2.12. The van der Waals surface area contributed by atoms with Crippen LogP contribution in [-0.4, -0.2) is 38.0 Å². The summed E-state index contributed by atoms with van der Waals surface area (Å²) in [6.45, 7) is 3.79. The molecule has 0 bridgehead atoms. The van der Waals surface area contributed by atoms with Crippen LogP contribution in [0.2, 0.25) is 0 Å². The molecule has 1 heterocycles. The summed E-state index contributed by atoms with van der Waals surface area (Å²) in [6.07, 6.45) is 3.20. The lowest BCUT2D eigenvalue weighted by molar-refractivity contribution is -0.121. The summed E-state index contributed by atoms with van der Waals surface area (Å²) >= 11 is 4.28. The summed E-state index contributed by atoms with van der Waals surface area (Å²) in [4.78, 5) is 14.5. The van der Waals surface area contributed by atoms with Crippen molar-refractivity contribution in [3.8, 4) is 5.75 Å². The number of sulfonamides is 1. The molecule has 0 radical (unpaired) electrons. The van der Waals surface area contributed by atoms with Crippen molar-refractivity contribution < 1.29 is 17.9 Å². The first-order valence-electron chi connectivity index (χ1n) is 8.41. The van der Waals surface area contributed by atoms with Gasteiger partial charge in [0.05, 0.1) is 16.9 Å². The summed E-state index contributed by atoms with van der Waals surface area (Å²) in [5.74, 6) is 0.326. The van der Waals surface area contributed by atoms with Crippen molar-refractivity contribution >= 4 is 54.9 Å². The molecule has 6 nitrogen and oxygen atoms in total. The second-order valence-electron chi connectivity index (χ2n) is 5.89. The van der Waals surface area contributed by atoms with Crippen LogP contribution in [0.3, 0.4) is 0 Å². The van der Waals surface area contributed by atoms with E-state index in [0.29, 0.717) is 10.7 Å². The zero-order valence-corrected chi connectivity index (χ0v) is 18.6. The first-order valence-corrected chi connectivity index (χ1v) is 11.5. The van der Waals surface area contributed by atoms with Gasteiger partial charge in [0.25, 0.3) is 15.9 Å². The predicted molar refractivity (Wildman–Crippen MR) is 119 cm³/mol. The van der Waals surface area contributed by atoms with Crippen molar-refractivity contribution in [3.05, 3.63) is 76.1 Å². The molecule has 29 heavy (non-hydrogen) atoms. The van der Waals surface area contributed by atoms with Crippen molar-refractivity contribution in [2.24, 2.45) is 4.40 Å². The maximum atomic E-state index is 12.8. The standard InChI is InChI=1S/C20H17BrN2O4S2/c1-3-11-23-19(24)18(13-14-5-4-6-16(12-14)27-2)28-20(23)22-29(25,26)17-9-7-15(21)8-10-17/h3-10,12-13H,1,11H2,2H3. The number of benzene rings is 2. The van der Waals surface area contributed by atoms with Crippen molar-refractivity contribution in [1.29, 1.82) is 0 Å². The fraction of sp³-hybridized carbons (Fsp3) is 0.100. The molecule has 0 N–H and O–H groups in total. The van der Waals surface area contributed by atoms with E-state index in [9.17, 15) is 13.2 Å². The highest BCUT2D eigenvalue weighted by atomic mass is 79.9. The molecule has 0 spiro atoms. The van der Waals surface area contributed by atoms with Gasteiger partial charge in [-0.3, -0.25) is 9.69 Å². The Labute approximate surface area is 182 Å². The van der Waals surface area contributed by atoms with E-state index in [1.165, 1.54) is 23.1 Å². The summed E-state index contributed by atoms with van der Waals surface area (Å²) in [6, 6.07) is 13.4. The average Bonchev–Trinajstić information content (AvgIpc) is 2.97. The maximum Gasteiger partial charge on any atom is 0.284 e. The Hall–Kier alpha value is -2.36. The molecule has 0 aliphatic carbocycles. The number of amidine groups is 1. The smallest absolute Gasteiger partial charge is 0.284 e. The number of nitrogens with zero attached hydrogens (tertiary/aromatic N) is 2. The first kappa shape index (κ1) is 21.4. The number of methoxy groups -OCH3 is 1. The fourth-order valence-electron chi connectivity index (χ4n) is 2.51. The average molecular weight is 493 g/mol. The van der Waals surface area contributed by atoms with Crippen LogP contribution in [0.5, 0.6) is 5.75 Å². The second-order valence-corrected chi connectivity index (χ2v) is 9.42. The molecule has 0 atom stereocenters. The summed E-state index contributed by atoms with van der Waals surface area (Å²) < 4.78 is 35.2. The van der Waals surface area contributed by atoms with Gasteiger partial charge in [-0.2, -0.15) is 8.42 Å². The van der Waals surface area contributed by atoms with Crippen LogP contribution in [0.25, 0.3) is 6.08 Å². The molecule has 0 saturated carbocycles. The highest BCUT2D eigenvalue weighted by Crippen LogP contribution is 2.34. The Morgan fingerprint density at radius 2 is 1.97 bits per heavy atom. The number of thioether (sulfide) groups is 1. The number of ether oxygens (including phenoxy) is 1. The van der Waals surface area contributed by atoms with Crippen LogP contribution in [0.15, 0.2) is 79.9 Å². The zero-order chi connectivity index (χ0) is 21.0. The van der Waals surface area contributed by atoms with Gasteiger partial charge in [0.1, 0.15) is 5.75 Å². The van der Waals surface area contributed by atoms with E-state index in [0.717, 1.165) is 21.8 Å². The molecule has 2 aromatic rings. The van der Waals surface area contributed by atoms with Gasteiger partial charge in [0, 0.05) is 11.0 Å². The van der Waals surface area contributed by atoms with Crippen molar-refractivity contribution in [1.82, 2.24) is 4.90 Å². The number of carbonyl (C=O) groups is 1. The van der Waals surface area contributed by atoms with E-state index in [4.69, 9.17) is 4.74 Å². The van der Waals surface area contributed by atoms with Crippen LogP contribution in [0.1, 0.15) is 5.56 Å². The Bertz CT molecular complexity index is 1110. The molecule has 1 fully saturated rings. The molecule has 1 saturated heterocycles. The maximum absolute atomic E-state index is 12.8. The third-order valence-electron chi connectivity index (χ3n) is 3.90. The molecule has 150 valence electrons. The molecule has 3 rings (SSSR count). The molecule has 2 aromatic carbocycles. The third-order valence-corrected chi connectivity index (χ3v) is 6.83. The number of hydrogen-bond donors (Lipinski definition) is 0. The van der Waals surface area contributed by atoms with Crippen LogP contribution in [0.4, 0.5) is 0 Å². The van der Waals surface area contributed by atoms with Gasteiger partial charge < -0.3 is 4.74 Å². The van der Waals surface area contributed by atoms with E-state index in [-0.39, 0.29) is 22.5 Å². The van der Waals surface area contributed by atoms with Crippen LogP contribution < -0.4 is 4.74 Å². The summed E-state index contributed by atoms with van der Waals surface area (Å²) in [5, 5.41) is 0.0898. The van der Waals surface area contributed by atoms with Gasteiger partial charge in [0.2, 0.25) is 0 Å². The lowest BCUT2D eigenvalue weighted by atomic mass is 10.2. The number of carbonyl (C=O) groups excluding carboxylic acids is 1. The Morgan fingerprint density at radius 3 is 2.62 bits per heavy atom. The molecule has 9 heteroatoms. The van der Waals surface area contributed by atoms with Crippen LogP contribution in [0, 0.1) is 0 Å². The van der Waals surface area contributed by atoms with Gasteiger partial charge in [-0.1, -0.05) is 34.1 Å². The SMILES string of the molecule is C=CCN1C(=O)C(=Cc2cccc(OC)c2)SC1=NS(=O)(=O)c1ccc(Br)cc1. The molecule has 0 unspecified atom stereocenters. The summed E-state index contributed by atoms with van der Waals surface area (Å²) in [5.41, 5.74) is 0.760. The molecular weight excluding hydrogens is 476 g/mol. The quantitative estimate of drug-likeness (QED) is 0.443. The minimum Gasteiger partial charge on any atom is -0.497 e. The molecule has 1 aliphatic heterocycles. The minimum absolute atomic E-state index is 0.0463. The number of amides is 1. The fourth-order valence-corrected chi connectivity index (χ4v) is 4.97. The first-order chi connectivity index (χ1) is 13.8. The molecule has 1 aliphatic rings. The van der Waals surface area contributed by atoms with Gasteiger partial charge in [-0.25, -0.2) is 0 Å². The molecular formula is C20H17BrN2O4S2. The highest BCUT2D eigenvalue weighted by Gasteiger charge is 2.34. The minimum atomic E-state index is -3.97. The van der Waals surface area contributed by atoms with Gasteiger partial charge in [-0.05, 0) is 59.8 Å². The lowest BCUT2D eigenvalue weighted by Crippen LogP contribution is -2.29. The number of halogens is 1. The monoisotopic (exact) mass is 492 g/mol. The normalized spacial score (nSPS) is 17.2. The third kappa shape index (κ3) is 4.98. The van der Waals surface area contributed by atoms with Gasteiger partial charge in [0.15, 0.2) is 5.17 Å². The van der Waals surface area contributed by atoms with E-state index < -0.39 is 10.0 Å². The van der Waals surface area contributed by atoms with E-state index in [1.807, 2.05) is 12.1 Å². The second kappa shape index (κ2) is 8.98. The van der Waals surface area contributed by atoms with E-state index >= 15 is 0 Å². The molecule has 0 aromatic heterocycles. The Morgan fingerprint density at radius 1 is 1.24 bits per heavy atom. The topological polar surface area (TPSA) is 76.0 Å². The van der Waals surface area contributed by atoms with Crippen molar-refractivity contribution in [2.75, 3.05) is 13.7 Å². The zero-order valence-electron chi connectivity index (χ0n) is 15.4. The predicted octanol–water partition coefficient (Wildman–Crippen LogP) is 4.30. The Kier molecular flexibility index (Phi) is 6.61. The Balaban J connectivity index is 1.98. The number of rotatable bonds is 6. The van der Waals surface area contributed by atoms with Crippen LogP contribution >= 0.6 is 27.7 Å².